The minimum Gasteiger partial charge on any atom is -0.371 e. The van der Waals surface area contributed by atoms with Crippen LogP contribution < -0.4 is 26.2 Å². The van der Waals surface area contributed by atoms with Gasteiger partial charge in [0.2, 0.25) is 0 Å². The summed E-state index contributed by atoms with van der Waals surface area (Å²) in [6.45, 7) is 8.98. The summed E-state index contributed by atoms with van der Waals surface area (Å²) in [7, 11) is 0. The first-order valence-corrected chi connectivity index (χ1v) is 17.4. The third-order valence-electron chi connectivity index (χ3n) is 11.5. The van der Waals surface area contributed by atoms with E-state index in [0.717, 1.165) is 43.7 Å². The van der Waals surface area contributed by atoms with Crippen LogP contribution in [0.25, 0.3) is 0 Å². The standard InChI is InChI=1S/C37H51N7/c1-2-5-28(6-3-1)32-16-34(32)41-24-36(10-11-36)22-38-18-27-9-14-44(21-27)31-8-4-7-29(15-31)33-17-35(33)42-25-37(12-13-37)23-39-19-30-20-40-26-43-30/h1-8,15,20,26-27,32-35,38-39,41-42H,9-14,16-19,21-25H2,(H,40,43)/t27?,32-,33?,34+,35+/m1/s1. The number of aromatic amines is 1. The summed E-state index contributed by atoms with van der Waals surface area (Å²) in [6, 6.07) is 21.8. The van der Waals surface area contributed by atoms with E-state index in [-0.39, 0.29) is 0 Å². The summed E-state index contributed by atoms with van der Waals surface area (Å²) in [5, 5.41) is 15.4. The molecule has 7 nitrogen and oxygen atoms in total. The highest BCUT2D eigenvalue weighted by Crippen LogP contribution is 2.48. The van der Waals surface area contributed by atoms with Gasteiger partial charge in [-0.05, 0) is 91.5 Å². The van der Waals surface area contributed by atoms with E-state index in [4.69, 9.17) is 0 Å². The smallest absolute Gasteiger partial charge is 0.0922 e. The normalized spacial score (nSPS) is 29.1. The molecule has 5 fully saturated rings. The molecule has 0 radical (unpaired) electrons. The summed E-state index contributed by atoms with van der Waals surface area (Å²) in [6.07, 6.45) is 13.0. The van der Waals surface area contributed by atoms with E-state index in [1.807, 2.05) is 6.20 Å². The Balaban J connectivity index is 0.738. The highest BCUT2D eigenvalue weighted by atomic mass is 15.2. The number of rotatable bonds is 17. The number of H-pyrrole nitrogens is 1. The van der Waals surface area contributed by atoms with Gasteiger partial charge in [0.15, 0.2) is 0 Å². The maximum absolute atomic E-state index is 4.12. The predicted octanol–water partition coefficient (Wildman–Crippen LogP) is 4.77. The molecule has 2 unspecified atom stereocenters. The summed E-state index contributed by atoms with van der Waals surface area (Å²) in [5.74, 6) is 2.15. The van der Waals surface area contributed by atoms with Gasteiger partial charge in [0.1, 0.15) is 0 Å². The first-order valence-electron chi connectivity index (χ1n) is 17.4. The molecule has 0 amide bonds. The molecule has 4 aliphatic carbocycles. The fourth-order valence-electron chi connectivity index (χ4n) is 7.73. The highest BCUT2D eigenvalue weighted by Gasteiger charge is 2.46. The molecule has 44 heavy (non-hydrogen) atoms. The molecule has 1 aromatic heterocycles. The molecular weight excluding hydrogens is 542 g/mol. The Labute approximate surface area is 263 Å². The summed E-state index contributed by atoms with van der Waals surface area (Å²) in [4.78, 5) is 9.94. The van der Waals surface area contributed by atoms with Gasteiger partial charge in [0, 0.05) is 87.3 Å². The molecular formula is C37H51N7. The Morgan fingerprint density at radius 2 is 1.50 bits per heavy atom. The van der Waals surface area contributed by atoms with E-state index in [1.54, 1.807) is 6.33 Å². The van der Waals surface area contributed by atoms with Gasteiger partial charge in [-0.25, -0.2) is 4.98 Å². The molecule has 8 rings (SSSR count). The van der Waals surface area contributed by atoms with Crippen molar-refractivity contribution in [2.24, 2.45) is 16.7 Å². The van der Waals surface area contributed by atoms with Gasteiger partial charge in [-0.3, -0.25) is 0 Å². The van der Waals surface area contributed by atoms with Crippen LogP contribution in [-0.2, 0) is 6.54 Å². The average Bonchev–Trinajstić information content (AvgIpc) is 3.96. The number of hydrogen-bond donors (Lipinski definition) is 5. The first kappa shape index (κ1) is 28.7. The lowest BCUT2D eigenvalue weighted by Crippen LogP contribution is -2.36. The molecule has 4 saturated carbocycles. The Morgan fingerprint density at radius 3 is 2.20 bits per heavy atom. The topological polar surface area (TPSA) is 80.0 Å². The largest absolute Gasteiger partial charge is 0.371 e. The van der Waals surface area contributed by atoms with Crippen molar-refractivity contribution >= 4 is 5.69 Å². The molecule has 2 aromatic carbocycles. The summed E-state index contributed by atoms with van der Waals surface area (Å²) < 4.78 is 0. The van der Waals surface area contributed by atoms with Crippen LogP contribution in [0.1, 0.15) is 73.6 Å². The minimum atomic E-state index is 0.450. The molecule has 1 saturated heterocycles. The van der Waals surface area contributed by atoms with Gasteiger partial charge >= 0.3 is 0 Å². The van der Waals surface area contributed by atoms with Crippen molar-refractivity contribution < 1.29 is 0 Å². The van der Waals surface area contributed by atoms with Crippen molar-refractivity contribution in [3.8, 4) is 0 Å². The second-order valence-electron chi connectivity index (χ2n) is 15.1. The fourth-order valence-corrected chi connectivity index (χ4v) is 7.73. The summed E-state index contributed by atoms with van der Waals surface area (Å²) >= 11 is 0. The Morgan fingerprint density at radius 1 is 0.795 bits per heavy atom. The maximum atomic E-state index is 4.12. The van der Waals surface area contributed by atoms with E-state index in [1.165, 1.54) is 87.9 Å². The van der Waals surface area contributed by atoms with Crippen molar-refractivity contribution in [2.75, 3.05) is 50.7 Å². The SMILES string of the molecule is c1ccc([C@H]2C[C@@H]2NCC2(CNCC3CCN(c4cccc(C5C[C@@H]5NCC5(CNCc6cnc[nH]6)CC5)c4)C3)CC2)cc1. The van der Waals surface area contributed by atoms with Crippen molar-refractivity contribution in [3.05, 3.63) is 83.9 Å². The summed E-state index contributed by atoms with van der Waals surface area (Å²) in [5.41, 5.74) is 6.57. The number of hydrogen-bond acceptors (Lipinski definition) is 6. The quantitative estimate of drug-likeness (QED) is 0.155. The average molecular weight is 594 g/mol. The van der Waals surface area contributed by atoms with Crippen LogP contribution in [-0.4, -0.2) is 67.9 Å². The van der Waals surface area contributed by atoms with Crippen molar-refractivity contribution in [1.82, 2.24) is 31.2 Å². The van der Waals surface area contributed by atoms with Crippen LogP contribution >= 0.6 is 0 Å². The molecule has 0 bridgehead atoms. The van der Waals surface area contributed by atoms with Crippen molar-refractivity contribution in [1.29, 1.82) is 0 Å². The van der Waals surface area contributed by atoms with E-state index in [9.17, 15) is 0 Å². The molecule has 0 spiro atoms. The lowest BCUT2D eigenvalue weighted by Gasteiger charge is -2.21. The zero-order valence-electron chi connectivity index (χ0n) is 26.2. The van der Waals surface area contributed by atoms with Gasteiger partial charge in [-0.15, -0.1) is 0 Å². The molecule has 7 heteroatoms. The molecule has 5 atom stereocenters. The lowest BCUT2D eigenvalue weighted by atomic mass is 10.1. The van der Waals surface area contributed by atoms with Gasteiger partial charge in [-0.2, -0.15) is 0 Å². The Kier molecular flexibility index (Phi) is 7.99. The molecule has 234 valence electrons. The van der Waals surface area contributed by atoms with Crippen molar-refractivity contribution in [2.45, 2.75) is 75.4 Å². The molecule has 5 aliphatic rings. The van der Waals surface area contributed by atoms with Crippen LogP contribution in [0, 0.1) is 16.7 Å². The first-order chi connectivity index (χ1) is 21.7. The maximum Gasteiger partial charge on any atom is 0.0922 e. The van der Waals surface area contributed by atoms with Gasteiger partial charge < -0.3 is 31.2 Å². The van der Waals surface area contributed by atoms with E-state index >= 15 is 0 Å². The van der Waals surface area contributed by atoms with Crippen LogP contribution in [0.2, 0.25) is 0 Å². The Bertz CT molecular complexity index is 1370. The Hall–Kier alpha value is -2.71. The number of nitrogens with one attached hydrogen (secondary N) is 5. The third-order valence-corrected chi connectivity index (χ3v) is 11.5. The van der Waals surface area contributed by atoms with Gasteiger partial charge in [-0.1, -0.05) is 42.5 Å². The molecule has 5 N–H and O–H groups in total. The zero-order chi connectivity index (χ0) is 29.4. The van der Waals surface area contributed by atoms with E-state index < -0.39 is 0 Å². The number of nitrogens with zero attached hydrogens (tertiary/aromatic N) is 2. The van der Waals surface area contributed by atoms with Gasteiger partial charge in [0.25, 0.3) is 0 Å². The van der Waals surface area contributed by atoms with Gasteiger partial charge in [0.05, 0.1) is 6.33 Å². The van der Waals surface area contributed by atoms with Crippen molar-refractivity contribution in [3.63, 3.8) is 0 Å². The van der Waals surface area contributed by atoms with E-state index in [2.05, 4.69) is 90.7 Å². The number of benzene rings is 2. The van der Waals surface area contributed by atoms with Crippen LogP contribution in [0.5, 0.6) is 0 Å². The minimum absolute atomic E-state index is 0.450. The second kappa shape index (κ2) is 12.2. The molecule has 3 aromatic rings. The fraction of sp³-hybridized carbons (Fsp3) is 0.595. The number of imidazole rings is 1. The molecule has 1 aliphatic heterocycles. The second-order valence-corrected chi connectivity index (χ2v) is 15.1. The lowest BCUT2D eigenvalue weighted by molar-refractivity contribution is 0.400. The highest BCUT2D eigenvalue weighted by molar-refractivity contribution is 5.51. The monoisotopic (exact) mass is 593 g/mol. The zero-order valence-corrected chi connectivity index (χ0v) is 26.2. The third kappa shape index (κ3) is 6.91. The predicted molar refractivity (Wildman–Crippen MR) is 178 cm³/mol. The van der Waals surface area contributed by atoms with Crippen LogP contribution in [0.3, 0.4) is 0 Å². The molecule has 2 heterocycles. The van der Waals surface area contributed by atoms with Crippen LogP contribution in [0.4, 0.5) is 5.69 Å². The van der Waals surface area contributed by atoms with E-state index in [0.29, 0.717) is 28.8 Å². The number of aromatic nitrogens is 2. The van der Waals surface area contributed by atoms with Crippen LogP contribution in [0.15, 0.2) is 67.1 Å². The number of anilines is 1.